The van der Waals surface area contributed by atoms with Gasteiger partial charge in [0.05, 0.1) is 6.61 Å². The maximum atomic E-state index is 12.0. The van der Waals surface area contributed by atoms with Crippen molar-refractivity contribution in [2.45, 2.75) is 20.8 Å². The molecule has 0 aliphatic heterocycles. The van der Waals surface area contributed by atoms with E-state index in [4.69, 9.17) is 9.84 Å². The van der Waals surface area contributed by atoms with Crippen LogP contribution >= 0.6 is 0 Å². The molecule has 0 saturated heterocycles. The van der Waals surface area contributed by atoms with E-state index in [1.165, 1.54) is 4.90 Å². The average Bonchev–Trinajstić information content (AvgIpc) is 2.36. The maximum Gasteiger partial charge on any atom is 0.323 e. The molecule has 1 aromatic rings. The Bertz CT molecular complexity index is 439. The van der Waals surface area contributed by atoms with E-state index in [0.717, 1.165) is 0 Å². The lowest BCUT2D eigenvalue weighted by Crippen LogP contribution is -2.38. The summed E-state index contributed by atoms with van der Waals surface area (Å²) in [6.45, 7) is 5.58. The molecule has 0 atom stereocenters. The van der Waals surface area contributed by atoms with E-state index >= 15 is 0 Å². The molecule has 0 heterocycles. The first-order valence-corrected chi connectivity index (χ1v) is 6.21. The molecular formula is C14H19NO4. The molecule has 19 heavy (non-hydrogen) atoms. The van der Waals surface area contributed by atoms with Gasteiger partial charge in [0.1, 0.15) is 12.3 Å². The van der Waals surface area contributed by atoms with Crippen molar-refractivity contribution < 1.29 is 19.4 Å². The Morgan fingerprint density at radius 3 is 2.26 bits per heavy atom. The van der Waals surface area contributed by atoms with Crippen LogP contribution in [0.1, 0.15) is 20.8 Å². The van der Waals surface area contributed by atoms with Crippen LogP contribution in [-0.2, 0) is 9.59 Å². The second-order valence-corrected chi connectivity index (χ2v) is 4.40. The number of nitrogens with zero attached hydrogens (tertiary/aromatic N) is 1. The fraction of sp³-hybridized carbons (Fsp3) is 0.429. The lowest BCUT2D eigenvalue weighted by atomic mass is 10.1. The molecule has 1 aromatic carbocycles. The highest BCUT2D eigenvalue weighted by atomic mass is 16.5. The Balaban J connectivity index is 2.96. The zero-order chi connectivity index (χ0) is 14.4. The Hall–Kier alpha value is -2.04. The molecule has 104 valence electrons. The van der Waals surface area contributed by atoms with Crippen molar-refractivity contribution in [3.63, 3.8) is 0 Å². The molecule has 1 N–H and O–H groups in total. The number of aliphatic carboxylic acids is 1. The number of ether oxygens (including phenoxy) is 1. The first kappa shape index (κ1) is 15.0. The van der Waals surface area contributed by atoms with Crippen LogP contribution < -0.4 is 9.64 Å². The molecule has 0 spiro atoms. The molecule has 0 bridgehead atoms. The summed E-state index contributed by atoms with van der Waals surface area (Å²) < 4.78 is 5.31. The summed E-state index contributed by atoms with van der Waals surface area (Å²) in [6.07, 6.45) is 0. The van der Waals surface area contributed by atoms with Gasteiger partial charge >= 0.3 is 5.97 Å². The molecule has 0 radical (unpaired) electrons. The number of amides is 1. The number of benzene rings is 1. The van der Waals surface area contributed by atoms with Crippen molar-refractivity contribution in [1.82, 2.24) is 0 Å². The summed E-state index contributed by atoms with van der Waals surface area (Å²) in [5.74, 6) is -0.820. The fourth-order valence-electron chi connectivity index (χ4n) is 1.63. The van der Waals surface area contributed by atoms with Crippen LogP contribution in [0, 0.1) is 5.92 Å². The number of carbonyl (C=O) groups is 2. The number of hydrogen-bond acceptors (Lipinski definition) is 3. The van der Waals surface area contributed by atoms with E-state index < -0.39 is 5.97 Å². The van der Waals surface area contributed by atoms with Gasteiger partial charge in [0.15, 0.2) is 0 Å². The topological polar surface area (TPSA) is 66.8 Å². The molecule has 5 heteroatoms. The summed E-state index contributed by atoms with van der Waals surface area (Å²) in [5, 5.41) is 8.90. The molecule has 5 nitrogen and oxygen atoms in total. The standard InChI is InChI=1S/C14H19NO4/c1-4-19-12-7-5-11(6-8-12)15(9-13(16)17)14(18)10(2)3/h5-8,10H,4,9H2,1-3H3,(H,16,17). The molecule has 0 aromatic heterocycles. The Morgan fingerprint density at radius 1 is 1.26 bits per heavy atom. The Morgan fingerprint density at radius 2 is 1.84 bits per heavy atom. The second-order valence-electron chi connectivity index (χ2n) is 4.40. The number of hydrogen-bond donors (Lipinski definition) is 1. The number of carboxylic acid groups (broad SMARTS) is 1. The van der Waals surface area contributed by atoms with Gasteiger partial charge in [-0.1, -0.05) is 13.8 Å². The third kappa shape index (κ3) is 4.28. The van der Waals surface area contributed by atoms with E-state index in [9.17, 15) is 9.59 Å². The van der Waals surface area contributed by atoms with E-state index in [2.05, 4.69) is 0 Å². The highest BCUT2D eigenvalue weighted by molar-refractivity contribution is 5.98. The first-order chi connectivity index (χ1) is 8.95. The monoisotopic (exact) mass is 265 g/mol. The number of carboxylic acids is 1. The van der Waals surface area contributed by atoms with Crippen molar-refractivity contribution in [2.75, 3.05) is 18.1 Å². The summed E-state index contributed by atoms with van der Waals surface area (Å²) in [7, 11) is 0. The van der Waals surface area contributed by atoms with Gasteiger partial charge in [0.25, 0.3) is 0 Å². The van der Waals surface area contributed by atoms with Crippen LogP contribution in [0.15, 0.2) is 24.3 Å². The molecule has 0 saturated carbocycles. The van der Waals surface area contributed by atoms with Crippen molar-refractivity contribution >= 4 is 17.6 Å². The minimum atomic E-state index is -1.04. The third-order valence-corrected chi connectivity index (χ3v) is 2.51. The zero-order valence-electron chi connectivity index (χ0n) is 11.4. The van der Waals surface area contributed by atoms with Gasteiger partial charge in [0.2, 0.25) is 5.91 Å². The smallest absolute Gasteiger partial charge is 0.323 e. The van der Waals surface area contributed by atoms with Crippen molar-refractivity contribution in [2.24, 2.45) is 5.92 Å². The fourth-order valence-corrected chi connectivity index (χ4v) is 1.63. The van der Waals surface area contributed by atoms with E-state index in [-0.39, 0.29) is 18.4 Å². The van der Waals surface area contributed by atoms with Gasteiger partial charge in [-0.25, -0.2) is 0 Å². The summed E-state index contributed by atoms with van der Waals surface area (Å²) >= 11 is 0. The molecule has 1 rings (SSSR count). The van der Waals surface area contributed by atoms with Crippen molar-refractivity contribution in [1.29, 1.82) is 0 Å². The van der Waals surface area contributed by atoms with Gasteiger partial charge < -0.3 is 14.7 Å². The average molecular weight is 265 g/mol. The molecular weight excluding hydrogens is 246 g/mol. The van der Waals surface area contributed by atoms with Crippen LogP contribution in [0.3, 0.4) is 0 Å². The van der Waals surface area contributed by atoms with E-state index in [1.54, 1.807) is 38.1 Å². The summed E-state index contributed by atoms with van der Waals surface area (Å²) in [6, 6.07) is 6.82. The van der Waals surface area contributed by atoms with Crippen LogP contribution in [0.5, 0.6) is 5.75 Å². The van der Waals surface area contributed by atoms with Crippen molar-refractivity contribution in [3.05, 3.63) is 24.3 Å². The molecule has 0 aliphatic rings. The molecule has 0 aliphatic carbocycles. The van der Waals surface area contributed by atoms with Gasteiger partial charge in [-0.15, -0.1) is 0 Å². The lowest BCUT2D eigenvalue weighted by Gasteiger charge is -2.23. The molecule has 0 fully saturated rings. The number of carbonyl (C=O) groups excluding carboxylic acids is 1. The lowest BCUT2D eigenvalue weighted by molar-refractivity contribution is -0.137. The van der Waals surface area contributed by atoms with Crippen LogP contribution in [-0.4, -0.2) is 30.1 Å². The van der Waals surface area contributed by atoms with Gasteiger partial charge in [-0.05, 0) is 31.2 Å². The Labute approximate surface area is 112 Å². The van der Waals surface area contributed by atoms with Gasteiger partial charge in [0, 0.05) is 11.6 Å². The van der Waals surface area contributed by atoms with Crippen LogP contribution in [0.4, 0.5) is 5.69 Å². The predicted octanol–water partition coefficient (Wildman–Crippen LogP) is 2.16. The molecule has 0 unspecified atom stereocenters. The second kappa shape index (κ2) is 6.78. The highest BCUT2D eigenvalue weighted by Crippen LogP contribution is 2.21. The first-order valence-electron chi connectivity index (χ1n) is 6.21. The molecule has 1 amide bonds. The third-order valence-electron chi connectivity index (χ3n) is 2.51. The summed E-state index contributed by atoms with van der Waals surface area (Å²) in [4.78, 5) is 24.1. The Kier molecular flexibility index (Phi) is 5.36. The van der Waals surface area contributed by atoms with Gasteiger partial charge in [-0.2, -0.15) is 0 Å². The number of rotatable bonds is 6. The summed E-state index contributed by atoms with van der Waals surface area (Å²) in [5.41, 5.74) is 0.560. The van der Waals surface area contributed by atoms with Gasteiger partial charge in [-0.3, -0.25) is 9.59 Å². The number of anilines is 1. The van der Waals surface area contributed by atoms with E-state index in [0.29, 0.717) is 18.0 Å². The largest absolute Gasteiger partial charge is 0.494 e. The SMILES string of the molecule is CCOc1ccc(N(CC(=O)O)C(=O)C(C)C)cc1. The van der Waals surface area contributed by atoms with Crippen LogP contribution in [0.2, 0.25) is 0 Å². The minimum Gasteiger partial charge on any atom is -0.494 e. The van der Waals surface area contributed by atoms with Crippen LogP contribution in [0.25, 0.3) is 0 Å². The predicted molar refractivity (Wildman–Crippen MR) is 72.4 cm³/mol. The minimum absolute atomic E-state index is 0.216. The zero-order valence-corrected chi connectivity index (χ0v) is 11.4. The quantitative estimate of drug-likeness (QED) is 0.856. The normalized spacial score (nSPS) is 10.3. The van der Waals surface area contributed by atoms with E-state index in [1.807, 2.05) is 6.92 Å². The maximum absolute atomic E-state index is 12.0. The highest BCUT2D eigenvalue weighted by Gasteiger charge is 2.21. The van der Waals surface area contributed by atoms with Crippen molar-refractivity contribution in [3.8, 4) is 5.75 Å².